The quantitative estimate of drug-likeness (QED) is 0.189. The molecule has 1 N–H and O–H groups in total. The molecule has 256 valence electrons. The third-order valence-corrected chi connectivity index (χ3v) is 10.8. The predicted molar refractivity (Wildman–Crippen MR) is 191 cm³/mol. The number of benzene rings is 2. The molecule has 2 heterocycles. The number of carbonyl (C=O) groups is 3. The topological polar surface area (TPSA) is 106 Å². The number of nitrogens with zero attached hydrogens (tertiary/aromatic N) is 2. The number of esters is 1. The highest BCUT2D eigenvalue weighted by atomic mass is 32.2. The fourth-order valence-electron chi connectivity index (χ4n) is 6.68. The van der Waals surface area contributed by atoms with Crippen molar-refractivity contribution in [2.75, 3.05) is 18.9 Å². The van der Waals surface area contributed by atoms with Gasteiger partial charge in [0.1, 0.15) is 18.8 Å². The number of hydrogen-bond acceptors (Lipinski definition) is 7. The molecule has 1 amide bonds. The van der Waals surface area contributed by atoms with Gasteiger partial charge in [0.25, 0.3) is 0 Å². The molecule has 0 radical (unpaired) electrons. The van der Waals surface area contributed by atoms with Crippen LogP contribution in [0.15, 0.2) is 76.8 Å². The number of aliphatic carboxylic acids is 1. The Morgan fingerprint density at radius 3 is 2.33 bits per heavy atom. The van der Waals surface area contributed by atoms with Gasteiger partial charge in [-0.15, -0.1) is 11.8 Å². The average molecular weight is 673 g/mol. The van der Waals surface area contributed by atoms with Crippen LogP contribution in [0.4, 0.5) is 4.79 Å². The van der Waals surface area contributed by atoms with Crippen LogP contribution in [-0.4, -0.2) is 70.2 Å². The van der Waals surface area contributed by atoms with Gasteiger partial charge in [-0.3, -0.25) is 9.89 Å². The number of rotatable bonds is 11. The largest absolute Gasteiger partial charge is 0.478 e. The summed E-state index contributed by atoms with van der Waals surface area (Å²) in [4.78, 5) is 44.5. The van der Waals surface area contributed by atoms with E-state index in [1.807, 2.05) is 31.2 Å². The van der Waals surface area contributed by atoms with Crippen LogP contribution in [0.25, 0.3) is 11.1 Å². The SMILES string of the molecule is C/C(=C\[C@H]1CSC(/C(C)=C/C[C@H](C)C[C@H](OC(=O)[C@@H]2CCCN2C(=O)OCC2c3ccccc3-c3ccccc32)C(C)(C)C)=N1)C(=O)O. The first-order valence-electron chi connectivity index (χ1n) is 16.9. The summed E-state index contributed by atoms with van der Waals surface area (Å²) >= 11 is 1.64. The molecule has 0 aromatic heterocycles. The Morgan fingerprint density at radius 1 is 1.06 bits per heavy atom. The number of hydrogen-bond donors (Lipinski definition) is 1. The zero-order valence-electron chi connectivity index (χ0n) is 28.9. The molecule has 0 unspecified atom stereocenters. The zero-order valence-corrected chi connectivity index (χ0v) is 29.7. The van der Waals surface area contributed by atoms with Gasteiger partial charge >= 0.3 is 18.0 Å². The van der Waals surface area contributed by atoms with Crippen LogP contribution in [0.1, 0.15) is 84.3 Å². The summed E-state index contributed by atoms with van der Waals surface area (Å²) in [5.74, 6) is -0.367. The maximum absolute atomic E-state index is 13.6. The van der Waals surface area contributed by atoms with Crippen molar-refractivity contribution in [2.45, 2.75) is 91.3 Å². The van der Waals surface area contributed by atoms with Crippen LogP contribution in [0, 0.1) is 11.3 Å². The van der Waals surface area contributed by atoms with E-state index in [-0.39, 0.29) is 42.0 Å². The van der Waals surface area contributed by atoms with E-state index in [0.717, 1.165) is 40.3 Å². The van der Waals surface area contributed by atoms with Crippen LogP contribution in [0.5, 0.6) is 0 Å². The lowest BCUT2D eigenvalue weighted by Crippen LogP contribution is -2.44. The number of carbonyl (C=O) groups excluding carboxylic acids is 2. The van der Waals surface area contributed by atoms with Crippen molar-refractivity contribution in [3.05, 3.63) is 83.0 Å². The molecule has 0 bridgehead atoms. The standard InChI is InChI=1S/C39H48N2O6S/c1-24(17-18-25(2)35-40-27(23-48-35)21-26(3)36(42)43)20-34(39(4,5)6)47-37(44)33-16-11-19-41(33)38(45)46-22-32-30-14-9-7-12-28(30)29-13-8-10-15-31(29)32/h7-10,12-15,18,21,24,27,32-34H,11,16-17,19-20,22-23H2,1-6H3,(H,42,43)/b25-18+,26-21+/t24-,27-,33-,34-/m0/s1. The summed E-state index contributed by atoms with van der Waals surface area (Å²) in [6.45, 7) is 12.7. The van der Waals surface area contributed by atoms with Crippen LogP contribution >= 0.6 is 11.8 Å². The van der Waals surface area contributed by atoms with E-state index in [0.29, 0.717) is 25.0 Å². The third kappa shape index (κ3) is 8.23. The second kappa shape index (κ2) is 15.1. The fourth-order valence-corrected chi connectivity index (χ4v) is 7.70. The van der Waals surface area contributed by atoms with E-state index < -0.39 is 18.1 Å². The van der Waals surface area contributed by atoms with Gasteiger partial charge in [-0.1, -0.05) is 82.3 Å². The van der Waals surface area contributed by atoms with Crippen LogP contribution < -0.4 is 0 Å². The van der Waals surface area contributed by atoms with Crippen molar-refractivity contribution in [3.63, 3.8) is 0 Å². The Bertz CT molecular complexity index is 1580. The zero-order chi connectivity index (χ0) is 34.6. The number of thioether (sulfide) groups is 1. The Labute approximate surface area is 288 Å². The molecule has 1 saturated heterocycles. The second-order valence-corrected chi connectivity index (χ2v) is 15.4. The maximum atomic E-state index is 13.6. The maximum Gasteiger partial charge on any atom is 0.410 e. The van der Waals surface area contributed by atoms with Crippen molar-refractivity contribution in [1.29, 1.82) is 0 Å². The van der Waals surface area contributed by atoms with Crippen molar-refractivity contribution in [3.8, 4) is 11.1 Å². The summed E-state index contributed by atoms with van der Waals surface area (Å²) in [7, 11) is 0. The molecular formula is C39H48N2O6S. The fraction of sp³-hybridized carbons (Fsp3) is 0.487. The molecule has 3 aliphatic rings. The van der Waals surface area contributed by atoms with Gasteiger partial charge in [-0.25, -0.2) is 14.4 Å². The second-order valence-electron chi connectivity index (χ2n) is 14.4. The highest BCUT2D eigenvalue weighted by Gasteiger charge is 2.40. The predicted octanol–water partition coefficient (Wildman–Crippen LogP) is 8.27. The summed E-state index contributed by atoms with van der Waals surface area (Å²) in [5, 5.41) is 10.1. The average Bonchev–Trinajstić information content (AvgIpc) is 3.80. The van der Waals surface area contributed by atoms with Gasteiger partial charge in [0.2, 0.25) is 0 Å². The molecule has 0 saturated carbocycles. The Morgan fingerprint density at radius 2 is 1.71 bits per heavy atom. The number of allylic oxidation sites excluding steroid dienone is 1. The van der Waals surface area contributed by atoms with Crippen molar-refractivity contribution < 1.29 is 29.0 Å². The van der Waals surface area contributed by atoms with E-state index in [1.165, 1.54) is 11.1 Å². The molecular weight excluding hydrogens is 625 g/mol. The molecule has 9 heteroatoms. The first kappa shape index (κ1) is 35.5. The number of ether oxygens (including phenoxy) is 2. The first-order chi connectivity index (χ1) is 22.8. The molecule has 0 spiro atoms. The number of amides is 1. The lowest BCUT2D eigenvalue weighted by atomic mass is 9.83. The molecule has 2 aliphatic heterocycles. The Hall–Kier alpha value is -3.85. The molecule has 2 aromatic rings. The van der Waals surface area contributed by atoms with E-state index >= 15 is 0 Å². The van der Waals surface area contributed by atoms with Gasteiger partial charge < -0.3 is 14.6 Å². The van der Waals surface area contributed by atoms with E-state index in [4.69, 9.17) is 19.6 Å². The minimum Gasteiger partial charge on any atom is -0.478 e. The molecule has 4 atom stereocenters. The van der Waals surface area contributed by atoms with Gasteiger partial charge in [0, 0.05) is 23.8 Å². The molecule has 8 nitrogen and oxygen atoms in total. The first-order valence-corrected chi connectivity index (χ1v) is 17.9. The third-order valence-electron chi connectivity index (χ3n) is 9.55. The highest BCUT2D eigenvalue weighted by Crippen LogP contribution is 2.44. The highest BCUT2D eigenvalue weighted by molar-refractivity contribution is 8.14. The Balaban J connectivity index is 1.17. The van der Waals surface area contributed by atoms with Crippen LogP contribution in [-0.2, 0) is 19.1 Å². The van der Waals surface area contributed by atoms with Crippen molar-refractivity contribution >= 4 is 34.8 Å². The lowest BCUT2D eigenvalue weighted by Gasteiger charge is -2.34. The summed E-state index contributed by atoms with van der Waals surface area (Å²) in [5.41, 5.74) is 5.74. The Kier molecular flexibility index (Phi) is 11.2. The van der Waals surface area contributed by atoms with Gasteiger partial charge in [0.05, 0.1) is 11.1 Å². The molecule has 2 aromatic carbocycles. The van der Waals surface area contributed by atoms with Gasteiger partial charge in [-0.2, -0.15) is 0 Å². The van der Waals surface area contributed by atoms with Crippen molar-refractivity contribution in [1.82, 2.24) is 4.90 Å². The van der Waals surface area contributed by atoms with E-state index in [2.05, 4.69) is 58.0 Å². The van der Waals surface area contributed by atoms with Crippen LogP contribution in [0.2, 0.25) is 0 Å². The normalized spacial score (nSPS) is 21.0. The summed E-state index contributed by atoms with van der Waals surface area (Å²) < 4.78 is 12.1. The van der Waals surface area contributed by atoms with Crippen LogP contribution in [0.3, 0.4) is 0 Å². The molecule has 1 fully saturated rings. The number of aliphatic imine (C=N–C) groups is 1. The summed E-state index contributed by atoms with van der Waals surface area (Å²) in [6.07, 6.45) is 5.83. The number of carboxylic acid groups (broad SMARTS) is 1. The summed E-state index contributed by atoms with van der Waals surface area (Å²) in [6, 6.07) is 15.7. The molecule has 1 aliphatic carbocycles. The minimum absolute atomic E-state index is 0.0440. The van der Waals surface area contributed by atoms with E-state index in [9.17, 15) is 14.4 Å². The monoisotopic (exact) mass is 672 g/mol. The number of likely N-dealkylation sites (tertiary alicyclic amines) is 1. The van der Waals surface area contributed by atoms with E-state index in [1.54, 1.807) is 29.7 Å². The van der Waals surface area contributed by atoms with Gasteiger partial charge in [0.15, 0.2) is 0 Å². The smallest absolute Gasteiger partial charge is 0.410 e. The molecule has 48 heavy (non-hydrogen) atoms. The molecule has 5 rings (SSSR count). The minimum atomic E-state index is -0.920. The lowest BCUT2D eigenvalue weighted by molar-refractivity contribution is -0.160. The number of fused-ring (bicyclic) bond motifs is 3. The van der Waals surface area contributed by atoms with Gasteiger partial charge in [-0.05, 0) is 84.8 Å². The van der Waals surface area contributed by atoms with Crippen molar-refractivity contribution in [2.24, 2.45) is 16.3 Å². The number of carboxylic acids is 1.